The molecule has 0 amide bonds. The summed E-state index contributed by atoms with van der Waals surface area (Å²) in [6, 6.07) is 5.09. The molecule has 0 bridgehead atoms. The van der Waals surface area contributed by atoms with Crippen LogP contribution in [0.25, 0.3) is 0 Å². The zero-order chi connectivity index (χ0) is 9.90. The zero-order valence-corrected chi connectivity index (χ0v) is 7.71. The first-order valence-electron chi connectivity index (χ1n) is 3.42. The van der Waals surface area contributed by atoms with Crippen molar-refractivity contribution >= 4 is 9.73 Å². The van der Waals surface area contributed by atoms with E-state index in [1.165, 1.54) is 36.7 Å². The Labute approximate surface area is 76.0 Å². The van der Waals surface area contributed by atoms with Gasteiger partial charge < -0.3 is 0 Å². The SMILES string of the molecule is CS(=O)(=NC#N)c1ccc(F)cc1. The van der Waals surface area contributed by atoms with Gasteiger partial charge in [-0.2, -0.15) is 5.26 Å². The molecular weight excluding hydrogens is 191 g/mol. The normalized spacial score (nSPS) is 14.2. The van der Waals surface area contributed by atoms with Crippen molar-refractivity contribution in [3.05, 3.63) is 30.1 Å². The first kappa shape index (κ1) is 9.68. The number of halogens is 1. The van der Waals surface area contributed by atoms with Crippen LogP contribution in [-0.2, 0) is 9.73 Å². The van der Waals surface area contributed by atoms with E-state index >= 15 is 0 Å². The fraction of sp³-hybridized carbons (Fsp3) is 0.125. The molecule has 68 valence electrons. The third kappa shape index (κ3) is 2.26. The van der Waals surface area contributed by atoms with Gasteiger partial charge >= 0.3 is 0 Å². The second-order valence-corrected chi connectivity index (χ2v) is 4.71. The summed E-state index contributed by atoms with van der Waals surface area (Å²) >= 11 is 0. The quantitative estimate of drug-likeness (QED) is 0.645. The van der Waals surface area contributed by atoms with Crippen molar-refractivity contribution in [1.29, 1.82) is 5.26 Å². The van der Waals surface area contributed by atoms with E-state index in [0.717, 1.165) is 0 Å². The Bertz CT molecular complexity index is 452. The van der Waals surface area contributed by atoms with Crippen LogP contribution in [0, 0.1) is 17.3 Å². The van der Waals surface area contributed by atoms with Gasteiger partial charge in [0.15, 0.2) is 0 Å². The molecule has 0 saturated heterocycles. The molecule has 5 heteroatoms. The molecule has 0 aliphatic rings. The predicted molar refractivity (Wildman–Crippen MR) is 46.8 cm³/mol. The summed E-state index contributed by atoms with van der Waals surface area (Å²) in [6.07, 6.45) is 2.81. The second-order valence-electron chi connectivity index (χ2n) is 2.45. The predicted octanol–water partition coefficient (Wildman–Crippen LogP) is 1.76. The number of nitriles is 1. The highest BCUT2D eigenvalue weighted by Crippen LogP contribution is 2.11. The van der Waals surface area contributed by atoms with Crippen molar-refractivity contribution in [2.24, 2.45) is 4.36 Å². The van der Waals surface area contributed by atoms with E-state index in [-0.39, 0.29) is 0 Å². The Morgan fingerprint density at radius 3 is 2.46 bits per heavy atom. The van der Waals surface area contributed by atoms with E-state index in [0.29, 0.717) is 4.90 Å². The van der Waals surface area contributed by atoms with E-state index in [2.05, 4.69) is 4.36 Å². The van der Waals surface area contributed by atoms with E-state index in [4.69, 9.17) is 5.26 Å². The molecule has 0 aliphatic heterocycles. The third-order valence-corrected chi connectivity index (χ3v) is 3.04. The van der Waals surface area contributed by atoms with Crippen LogP contribution < -0.4 is 0 Å². The lowest BCUT2D eigenvalue weighted by Crippen LogP contribution is -1.96. The van der Waals surface area contributed by atoms with Crippen molar-refractivity contribution in [2.45, 2.75) is 4.90 Å². The molecule has 0 spiro atoms. The highest BCUT2D eigenvalue weighted by Gasteiger charge is 2.04. The molecule has 3 nitrogen and oxygen atoms in total. The summed E-state index contributed by atoms with van der Waals surface area (Å²) in [5, 5.41) is 8.25. The van der Waals surface area contributed by atoms with E-state index in [1.54, 1.807) is 0 Å². The van der Waals surface area contributed by atoms with Gasteiger partial charge in [0.25, 0.3) is 0 Å². The number of nitrogens with zero attached hydrogens (tertiary/aromatic N) is 2. The maximum Gasteiger partial charge on any atom is 0.214 e. The van der Waals surface area contributed by atoms with Crippen LogP contribution in [-0.4, -0.2) is 10.5 Å². The van der Waals surface area contributed by atoms with Crippen LogP contribution in [0.15, 0.2) is 33.5 Å². The van der Waals surface area contributed by atoms with E-state index < -0.39 is 15.5 Å². The highest BCUT2D eigenvalue weighted by atomic mass is 32.2. The van der Waals surface area contributed by atoms with Crippen LogP contribution in [0.4, 0.5) is 4.39 Å². The van der Waals surface area contributed by atoms with E-state index in [9.17, 15) is 8.60 Å². The van der Waals surface area contributed by atoms with E-state index in [1.807, 2.05) is 0 Å². The molecule has 1 aromatic carbocycles. The fourth-order valence-corrected chi connectivity index (χ4v) is 1.72. The number of hydrogen-bond acceptors (Lipinski definition) is 3. The van der Waals surface area contributed by atoms with Gasteiger partial charge in [0, 0.05) is 11.2 Å². The van der Waals surface area contributed by atoms with Crippen LogP contribution in [0.3, 0.4) is 0 Å². The Kier molecular flexibility index (Phi) is 2.63. The number of hydrogen-bond donors (Lipinski definition) is 0. The third-order valence-electron chi connectivity index (χ3n) is 1.47. The van der Waals surface area contributed by atoms with Crippen LogP contribution >= 0.6 is 0 Å². The van der Waals surface area contributed by atoms with Gasteiger partial charge in [-0.05, 0) is 24.3 Å². The van der Waals surface area contributed by atoms with Crippen molar-refractivity contribution in [3.8, 4) is 6.19 Å². The Hall–Kier alpha value is -1.41. The fourth-order valence-electron chi connectivity index (χ4n) is 0.818. The molecule has 1 atom stereocenters. The van der Waals surface area contributed by atoms with Gasteiger partial charge in [0.05, 0.1) is 9.73 Å². The van der Waals surface area contributed by atoms with Crippen LogP contribution in [0.1, 0.15) is 0 Å². The molecule has 0 fully saturated rings. The average Bonchev–Trinajstić information content (AvgIpc) is 2.05. The van der Waals surface area contributed by atoms with Gasteiger partial charge in [-0.15, -0.1) is 4.36 Å². The average molecular weight is 198 g/mol. The molecule has 0 aliphatic carbocycles. The second kappa shape index (κ2) is 3.54. The van der Waals surface area contributed by atoms with Crippen molar-refractivity contribution < 1.29 is 8.60 Å². The molecule has 13 heavy (non-hydrogen) atoms. The Morgan fingerprint density at radius 2 is 2.00 bits per heavy atom. The lowest BCUT2D eigenvalue weighted by molar-refractivity contribution is 0.626. The Balaban J connectivity index is 3.27. The highest BCUT2D eigenvalue weighted by molar-refractivity contribution is 7.93. The van der Waals surface area contributed by atoms with Gasteiger partial charge in [-0.25, -0.2) is 8.60 Å². The molecule has 0 saturated carbocycles. The summed E-state index contributed by atoms with van der Waals surface area (Å²) in [7, 11) is -2.68. The molecule has 1 aromatic rings. The van der Waals surface area contributed by atoms with Gasteiger partial charge in [0.1, 0.15) is 5.82 Å². The lowest BCUT2D eigenvalue weighted by Gasteiger charge is -1.99. The molecule has 1 rings (SSSR count). The van der Waals surface area contributed by atoms with Crippen molar-refractivity contribution in [2.75, 3.05) is 6.26 Å². The summed E-state index contributed by atoms with van der Waals surface area (Å²) in [6.45, 7) is 0. The zero-order valence-electron chi connectivity index (χ0n) is 6.90. The molecule has 0 aromatic heterocycles. The smallest absolute Gasteiger partial charge is 0.214 e. The summed E-state index contributed by atoms with van der Waals surface area (Å²) in [5.41, 5.74) is 0. The molecule has 0 heterocycles. The van der Waals surface area contributed by atoms with Gasteiger partial charge in [-0.1, -0.05) is 0 Å². The largest absolute Gasteiger partial charge is 0.244 e. The van der Waals surface area contributed by atoms with Crippen molar-refractivity contribution in [1.82, 2.24) is 0 Å². The first-order valence-corrected chi connectivity index (χ1v) is 5.34. The molecule has 1 unspecified atom stereocenters. The maximum absolute atomic E-state index is 12.5. The first-order chi connectivity index (χ1) is 6.06. The summed E-state index contributed by atoms with van der Waals surface area (Å²) in [4.78, 5) is 0.357. The maximum atomic E-state index is 12.5. The topological polar surface area (TPSA) is 53.2 Å². The standard InChI is InChI=1S/C8H7FN2OS/c1-13(12,11-6-10)8-4-2-7(9)3-5-8/h2-5H,1H3. The molecule has 0 radical (unpaired) electrons. The summed E-state index contributed by atoms with van der Waals surface area (Å²) in [5.74, 6) is -0.407. The minimum Gasteiger partial charge on any atom is -0.244 e. The Morgan fingerprint density at radius 1 is 1.46 bits per heavy atom. The van der Waals surface area contributed by atoms with Crippen molar-refractivity contribution in [3.63, 3.8) is 0 Å². The van der Waals surface area contributed by atoms with Crippen LogP contribution in [0.2, 0.25) is 0 Å². The number of benzene rings is 1. The lowest BCUT2D eigenvalue weighted by atomic mass is 10.4. The van der Waals surface area contributed by atoms with Crippen LogP contribution in [0.5, 0.6) is 0 Å². The van der Waals surface area contributed by atoms with Gasteiger partial charge in [-0.3, -0.25) is 0 Å². The minimum atomic E-state index is -2.68. The number of rotatable bonds is 1. The minimum absolute atomic E-state index is 0.357. The molecular formula is C8H7FN2OS. The summed E-state index contributed by atoms with van der Waals surface area (Å²) < 4.78 is 27.3. The monoisotopic (exact) mass is 198 g/mol. The molecule has 0 N–H and O–H groups in total. The van der Waals surface area contributed by atoms with Gasteiger partial charge in [0.2, 0.25) is 6.19 Å².